The molecule has 21 heavy (non-hydrogen) atoms. The van der Waals surface area contributed by atoms with E-state index in [9.17, 15) is 28.3 Å². The fourth-order valence-corrected chi connectivity index (χ4v) is 3.62. The lowest BCUT2D eigenvalue weighted by Crippen LogP contribution is -2.27. The Balaban J connectivity index is 2.53. The Morgan fingerprint density at radius 2 is 1.76 bits per heavy atom. The molecule has 0 aromatic heterocycles. The van der Waals surface area contributed by atoms with Crippen molar-refractivity contribution < 1.29 is 33.0 Å². The summed E-state index contributed by atoms with van der Waals surface area (Å²) in [4.78, 5) is -0.438. The van der Waals surface area contributed by atoms with Crippen LogP contribution in [0.25, 0.3) is 10.8 Å². The van der Waals surface area contributed by atoms with Crippen molar-refractivity contribution in [3.63, 3.8) is 0 Å². The molecule has 0 saturated heterocycles. The van der Waals surface area contributed by atoms with E-state index in [-0.39, 0.29) is 34.1 Å². The van der Waals surface area contributed by atoms with Gasteiger partial charge in [-0.25, -0.2) is 0 Å². The van der Waals surface area contributed by atoms with E-state index in [0.717, 1.165) is 0 Å². The maximum absolute atomic E-state index is 11.7. The molecule has 8 heteroatoms. The van der Waals surface area contributed by atoms with Gasteiger partial charge in [-0.2, -0.15) is 8.42 Å². The second-order valence-electron chi connectivity index (χ2n) is 4.74. The van der Waals surface area contributed by atoms with Crippen molar-refractivity contribution in [2.75, 3.05) is 0 Å². The van der Waals surface area contributed by atoms with E-state index >= 15 is 0 Å². The number of aromatic hydroxyl groups is 1. The van der Waals surface area contributed by atoms with Crippen LogP contribution in [-0.2, 0) is 21.3 Å². The molecule has 3 rings (SSSR count). The lowest BCUT2D eigenvalue weighted by Gasteiger charge is -2.29. The first-order chi connectivity index (χ1) is 9.80. The Morgan fingerprint density at radius 1 is 1.14 bits per heavy atom. The molecule has 2 aromatic carbocycles. The Morgan fingerprint density at radius 3 is 2.38 bits per heavy atom. The molecule has 7 nitrogen and oxygen atoms in total. The van der Waals surface area contributed by atoms with Gasteiger partial charge in [-0.05, 0) is 5.56 Å². The second-order valence-corrected chi connectivity index (χ2v) is 6.10. The molecule has 0 amide bonds. The monoisotopic (exact) mass is 312 g/mol. The average Bonchev–Trinajstić information content (AvgIpc) is 2.36. The van der Waals surface area contributed by atoms with Gasteiger partial charge in [-0.15, -0.1) is 0 Å². The van der Waals surface area contributed by atoms with Crippen molar-refractivity contribution in [1.82, 2.24) is 0 Å². The second kappa shape index (κ2) is 4.65. The van der Waals surface area contributed by atoms with Gasteiger partial charge in [-0.1, -0.05) is 24.3 Å². The highest BCUT2D eigenvalue weighted by atomic mass is 32.2. The van der Waals surface area contributed by atoms with Crippen molar-refractivity contribution in [2.45, 2.75) is 23.9 Å². The van der Waals surface area contributed by atoms with Crippen LogP contribution in [0.2, 0.25) is 0 Å². The standard InChI is InChI=1S/C13H12O7S/c14-9-5-8-10(13(16)20-9)11(15)6-3-1-2-4-7(6)12(8)21(17,18)19/h1-4,9,13-16H,5H2,(H,17,18,19). The van der Waals surface area contributed by atoms with Gasteiger partial charge in [0.25, 0.3) is 10.1 Å². The highest BCUT2D eigenvalue weighted by Crippen LogP contribution is 2.44. The van der Waals surface area contributed by atoms with Gasteiger partial charge in [0, 0.05) is 17.2 Å². The SMILES string of the molecule is O=S(=O)(O)c1c2c(c(O)c3ccccc13)C(O)OC(O)C2. The van der Waals surface area contributed by atoms with Crippen LogP contribution < -0.4 is 0 Å². The highest BCUT2D eigenvalue weighted by molar-refractivity contribution is 7.86. The number of ether oxygens (including phenoxy) is 1. The maximum atomic E-state index is 11.7. The molecule has 2 unspecified atom stereocenters. The highest BCUT2D eigenvalue weighted by Gasteiger charge is 2.35. The van der Waals surface area contributed by atoms with E-state index in [4.69, 9.17) is 4.74 Å². The molecule has 2 aromatic rings. The molecule has 1 aliphatic rings. The van der Waals surface area contributed by atoms with Gasteiger partial charge in [0.1, 0.15) is 10.6 Å². The van der Waals surface area contributed by atoms with Gasteiger partial charge in [0.05, 0.1) is 5.56 Å². The number of aliphatic hydroxyl groups excluding tert-OH is 2. The molecule has 1 aliphatic heterocycles. The number of phenolic OH excluding ortho intramolecular Hbond substituents is 1. The molecule has 4 N–H and O–H groups in total. The summed E-state index contributed by atoms with van der Waals surface area (Å²) in [6.45, 7) is 0. The minimum Gasteiger partial charge on any atom is -0.507 e. The number of phenols is 1. The minimum atomic E-state index is -4.62. The largest absolute Gasteiger partial charge is 0.507 e. The van der Waals surface area contributed by atoms with Crippen LogP contribution in [0, 0.1) is 0 Å². The molecular weight excluding hydrogens is 300 g/mol. The summed E-state index contributed by atoms with van der Waals surface area (Å²) < 4.78 is 37.7. The van der Waals surface area contributed by atoms with Crippen LogP contribution in [0.5, 0.6) is 5.75 Å². The van der Waals surface area contributed by atoms with Crippen molar-refractivity contribution >= 4 is 20.9 Å². The lowest BCUT2D eigenvalue weighted by atomic mass is 9.95. The van der Waals surface area contributed by atoms with Gasteiger partial charge in [0.2, 0.25) is 0 Å². The number of benzene rings is 2. The molecule has 1 heterocycles. The maximum Gasteiger partial charge on any atom is 0.295 e. The molecule has 0 aliphatic carbocycles. The fourth-order valence-electron chi connectivity index (χ4n) is 2.66. The van der Waals surface area contributed by atoms with Crippen molar-refractivity contribution in [3.05, 3.63) is 35.4 Å². The predicted molar refractivity (Wildman–Crippen MR) is 71.2 cm³/mol. The van der Waals surface area contributed by atoms with E-state index in [1.807, 2.05) is 0 Å². The molecular formula is C13H12O7S. The molecule has 2 atom stereocenters. The van der Waals surface area contributed by atoms with Crippen LogP contribution in [0.3, 0.4) is 0 Å². The molecule has 0 spiro atoms. The van der Waals surface area contributed by atoms with Crippen molar-refractivity contribution in [3.8, 4) is 5.75 Å². The number of hydrogen-bond donors (Lipinski definition) is 4. The summed E-state index contributed by atoms with van der Waals surface area (Å²) in [6, 6.07) is 6.01. The predicted octanol–water partition coefficient (Wildman–Crippen LogP) is 0.674. The Labute approximate surface area is 119 Å². The van der Waals surface area contributed by atoms with Crippen LogP contribution in [-0.4, -0.2) is 34.6 Å². The van der Waals surface area contributed by atoms with E-state index in [2.05, 4.69) is 0 Å². The number of rotatable bonds is 1. The molecule has 0 fully saturated rings. The van der Waals surface area contributed by atoms with Crippen molar-refractivity contribution in [2.24, 2.45) is 0 Å². The first kappa shape index (κ1) is 14.2. The minimum absolute atomic E-state index is 0.0556. The quantitative estimate of drug-likeness (QED) is 0.570. The molecule has 0 radical (unpaired) electrons. The average molecular weight is 312 g/mol. The van der Waals surface area contributed by atoms with Gasteiger partial charge >= 0.3 is 0 Å². The first-order valence-electron chi connectivity index (χ1n) is 6.06. The number of hydrogen-bond acceptors (Lipinski definition) is 6. The smallest absolute Gasteiger partial charge is 0.295 e. The Hall–Kier alpha value is -1.71. The zero-order valence-electron chi connectivity index (χ0n) is 10.6. The third-order valence-electron chi connectivity index (χ3n) is 3.45. The summed E-state index contributed by atoms with van der Waals surface area (Å²) in [5.74, 6) is -0.340. The van der Waals surface area contributed by atoms with Crippen LogP contribution in [0.1, 0.15) is 17.4 Å². The van der Waals surface area contributed by atoms with E-state index in [0.29, 0.717) is 0 Å². The fraction of sp³-hybridized carbons (Fsp3) is 0.231. The topological polar surface area (TPSA) is 124 Å². The van der Waals surface area contributed by atoms with Gasteiger partial charge in [-0.3, -0.25) is 4.55 Å². The lowest BCUT2D eigenvalue weighted by molar-refractivity contribution is -0.220. The van der Waals surface area contributed by atoms with Gasteiger partial charge < -0.3 is 20.1 Å². The summed E-state index contributed by atoms with van der Waals surface area (Å²) in [7, 11) is -4.62. The summed E-state index contributed by atoms with van der Waals surface area (Å²) >= 11 is 0. The summed E-state index contributed by atoms with van der Waals surface area (Å²) in [5, 5.41) is 29.9. The van der Waals surface area contributed by atoms with E-state index < -0.39 is 27.6 Å². The van der Waals surface area contributed by atoms with E-state index in [1.54, 1.807) is 12.1 Å². The molecule has 0 saturated carbocycles. The zero-order chi connectivity index (χ0) is 15.4. The van der Waals surface area contributed by atoms with Crippen LogP contribution in [0.4, 0.5) is 0 Å². The Kier molecular flexibility index (Phi) is 3.15. The molecule has 112 valence electrons. The van der Waals surface area contributed by atoms with Crippen LogP contribution in [0.15, 0.2) is 29.2 Å². The first-order valence-corrected chi connectivity index (χ1v) is 7.50. The third-order valence-corrected chi connectivity index (χ3v) is 4.43. The molecule has 0 bridgehead atoms. The number of aliphatic hydroxyl groups is 2. The third kappa shape index (κ3) is 2.17. The summed E-state index contributed by atoms with van der Waals surface area (Å²) in [6.07, 6.45) is -3.40. The van der Waals surface area contributed by atoms with Gasteiger partial charge in [0.15, 0.2) is 12.6 Å². The Bertz CT molecular complexity index is 828. The summed E-state index contributed by atoms with van der Waals surface area (Å²) in [5.41, 5.74) is -0.216. The normalized spacial score (nSPS) is 22.2. The van der Waals surface area contributed by atoms with Crippen molar-refractivity contribution in [1.29, 1.82) is 0 Å². The van der Waals surface area contributed by atoms with Crippen LogP contribution >= 0.6 is 0 Å². The number of fused-ring (bicyclic) bond motifs is 2. The van der Waals surface area contributed by atoms with E-state index in [1.165, 1.54) is 12.1 Å². The zero-order valence-corrected chi connectivity index (χ0v) is 11.4.